The molecule has 0 heterocycles. The van der Waals surface area contributed by atoms with E-state index in [1.165, 1.54) is 4.90 Å². The number of imide groups is 1. The second-order valence-electron chi connectivity index (χ2n) is 3.51. The first-order valence-corrected chi connectivity index (χ1v) is 4.96. The van der Waals surface area contributed by atoms with Crippen molar-refractivity contribution in [2.75, 3.05) is 26.5 Å². The van der Waals surface area contributed by atoms with Gasteiger partial charge < -0.3 is 15.0 Å². The lowest BCUT2D eigenvalue weighted by atomic mass is 10.3. The Hall–Kier alpha value is -2.24. The zero-order chi connectivity index (χ0) is 12.8. The van der Waals surface area contributed by atoms with Gasteiger partial charge in [0.2, 0.25) is 0 Å². The third-order valence-electron chi connectivity index (χ3n) is 1.97. The molecule has 6 heteroatoms. The molecule has 17 heavy (non-hydrogen) atoms. The number of urea groups is 2. The van der Waals surface area contributed by atoms with Crippen molar-refractivity contribution in [2.24, 2.45) is 0 Å². The van der Waals surface area contributed by atoms with E-state index in [1.807, 2.05) is 0 Å². The molecule has 0 saturated heterocycles. The lowest BCUT2D eigenvalue weighted by molar-refractivity contribution is 0.214. The van der Waals surface area contributed by atoms with Gasteiger partial charge in [-0.1, -0.05) is 0 Å². The van der Waals surface area contributed by atoms with Crippen molar-refractivity contribution in [2.45, 2.75) is 0 Å². The summed E-state index contributed by atoms with van der Waals surface area (Å²) in [6.45, 7) is 0. The van der Waals surface area contributed by atoms with Crippen LogP contribution >= 0.6 is 0 Å². The van der Waals surface area contributed by atoms with Crippen LogP contribution in [0.4, 0.5) is 15.3 Å². The zero-order valence-corrected chi connectivity index (χ0v) is 9.98. The third-order valence-corrected chi connectivity index (χ3v) is 1.97. The van der Waals surface area contributed by atoms with Crippen molar-refractivity contribution in [3.63, 3.8) is 0 Å². The van der Waals surface area contributed by atoms with Crippen molar-refractivity contribution < 1.29 is 14.3 Å². The number of hydrogen-bond acceptors (Lipinski definition) is 3. The fraction of sp³-hybridized carbons (Fsp3) is 0.273. The van der Waals surface area contributed by atoms with Gasteiger partial charge in [0, 0.05) is 19.8 Å². The highest BCUT2D eigenvalue weighted by Crippen LogP contribution is 2.14. The zero-order valence-electron chi connectivity index (χ0n) is 9.98. The molecule has 0 aromatic heterocycles. The van der Waals surface area contributed by atoms with E-state index in [4.69, 9.17) is 4.74 Å². The number of anilines is 1. The minimum Gasteiger partial charge on any atom is -0.497 e. The predicted molar refractivity (Wildman–Crippen MR) is 64.2 cm³/mol. The van der Waals surface area contributed by atoms with Gasteiger partial charge in [-0.25, -0.2) is 9.59 Å². The maximum absolute atomic E-state index is 11.4. The third kappa shape index (κ3) is 4.02. The molecule has 0 unspecified atom stereocenters. The molecule has 92 valence electrons. The minimum atomic E-state index is -0.575. The molecule has 0 spiro atoms. The van der Waals surface area contributed by atoms with Crippen LogP contribution in [0, 0.1) is 0 Å². The van der Waals surface area contributed by atoms with Crippen LogP contribution in [0.1, 0.15) is 0 Å². The van der Waals surface area contributed by atoms with E-state index in [-0.39, 0.29) is 0 Å². The molecular weight excluding hydrogens is 222 g/mol. The minimum absolute atomic E-state index is 0.476. The van der Waals surface area contributed by atoms with Gasteiger partial charge in [0.05, 0.1) is 7.11 Å². The molecule has 0 bridgehead atoms. The van der Waals surface area contributed by atoms with Crippen molar-refractivity contribution in [3.8, 4) is 5.75 Å². The van der Waals surface area contributed by atoms with Gasteiger partial charge in [-0.2, -0.15) is 0 Å². The Labute approximate surface area is 99.6 Å². The number of amides is 4. The summed E-state index contributed by atoms with van der Waals surface area (Å²) in [6, 6.07) is 5.73. The molecule has 0 atom stereocenters. The number of carbonyl (C=O) groups excluding carboxylic acids is 2. The topological polar surface area (TPSA) is 70.7 Å². The number of carbonyl (C=O) groups is 2. The van der Waals surface area contributed by atoms with Gasteiger partial charge in [0.1, 0.15) is 5.75 Å². The average molecular weight is 237 g/mol. The van der Waals surface area contributed by atoms with Gasteiger partial charge >= 0.3 is 12.1 Å². The summed E-state index contributed by atoms with van der Waals surface area (Å²) in [7, 11) is 4.66. The number of methoxy groups -OCH3 is 1. The number of ether oxygens (including phenoxy) is 1. The van der Waals surface area contributed by atoms with E-state index in [0.29, 0.717) is 11.4 Å². The van der Waals surface area contributed by atoms with Gasteiger partial charge in [0.25, 0.3) is 0 Å². The van der Waals surface area contributed by atoms with Crippen molar-refractivity contribution in [1.82, 2.24) is 10.2 Å². The quantitative estimate of drug-likeness (QED) is 0.818. The molecule has 0 radical (unpaired) electrons. The Bertz CT molecular complexity index is 401. The van der Waals surface area contributed by atoms with E-state index in [1.54, 1.807) is 45.5 Å². The lowest BCUT2D eigenvalue weighted by Gasteiger charge is -2.11. The number of benzene rings is 1. The van der Waals surface area contributed by atoms with Crippen molar-refractivity contribution >= 4 is 17.7 Å². The first kappa shape index (κ1) is 12.8. The predicted octanol–water partition coefficient (Wildman–Crippen LogP) is 1.50. The summed E-state index contributed by atoms with van der Waals surface area (Å²) in [5.74, 6) is 0.695. The normalized spacial score (nSPS) is 9.35. The van der Waals surface area contributed by atoms with E-state index < -0.39 is 12.1 Å². The maximum Gasteiger partial charge on any atom is 0.327 e. The van der Waals surface area contributed by atoms with E-state index in [0.717, 1.165) is 0 Å². The summed E-state index contributed by atoms with van der Waals surface area (Å²) in [4.78, 5) is 23.8. The molecule has 4 amide bonds. The Morgan fingerprint density at radius 2 is 1.76 bits per heavy atom. The maximum atomic E-state index is 11.4. The van der Waals surface area contributed by atoms with Crippen LogP contribution in [0.3, 0.4) is 0 Å². The molecule has 2 N–H and O–H groups in total. The van der Waals surface area contributed by atoms with Gasteiger partial charge in [-0.3, -0.25) is 5.32 Å². The smallest absolute Gasteiger partial charge is 0.327 e. The summed E-state index contributed by atoms with van der Waals surface area (Å²) in [5, 5.41) is 4.69. The van der Waals surface area contributed by atoms with Gasteiger partial charge in [0.15, 0.2) is 0 Å². The molecule has 0 saturated carbocycles. The highest BCUT2D eigenvalue weighted by molar-refractivity contribution is 6.00. The summed E-state index contributed by atoms with van der Waals surface area (Å²) in [5.41, 5.74) is 0.579. The van der Waals surface area contributed by atoms with Crippen LogP contribution in [0.2, 0.25) is 0 Å². The molecular formula is C11H15N3O3. The molecule has 6 nitrogen and oxygen atoms in total. The van der Waals surface area contributed by atoms with Crippen molar-refractivity contribution in [1.29, 1.82) is 0 Å². The fourth-order valence-corrected chi connectivity index (χ4v) is 1.05. The van der Waals surface area contributed by atoms with Crippen LogP contribution in [0.5, 0.6) is 5.75 Å². The summed E-state index contributed by atoms with van der Waals surface area (Å²) < 4.78 is 4.98. The molecule has 0 fully saturated rings. The van der Waals surface area contributed by atoms with E-state index in [9.17, 15) is 9.59 Å². The Balaban J connectivity index is 2.53. The molecule has 1 aromatic carbocycles. The number of rotatable bonds is 2. The number of nitrogens with zero attached hydrogens (tertiary/aromatic N) is 1. The van der Waals surface area contributed by atoms with Gasteiger partial charge in [-0.05, 0) is 24.3 Å². The first-order chi connectivity index (χ1) is 8.02. The molecule has 1 aromatic rings. The molecule has 0 aliphatic heterocycles. The SMILES string of the molecule is COc1ccc(NC(=O)NC(=O)N(C)C)cc1. The van der Waals surface area contributed by atoms with Crippen LogP contribution in [0.15, 0.2) is 24.3 Å². The standard InChI is InChI=1S/C11H15N3O3/c1-14(2)11(16)13-10(15)12-8-4-6-9(17-3)7-5-8/h4-7H,1-3H3,(H2,12,13,15,16). The average Bonchev–Trinajstić information content (AvgIpc) is 2.29. The highest BCUT2D eigenvalue weighted by Gasteiger charge is 2.08. The summed E-state index contributed by atoms with van der Waals surface area (Å²) in [6.07, 6.45) is 0. The van der Waals surface area contributed by atoms with E-state index >= 15 is 0 Å². The number of hydrogen-bond donors (Lipinski definition) is 2. The largest absolute Gasteiger partial charge is 0.497 e. The van der Waals surface area contributed by atoms with Crippen LogP contribution in [0.25, 0.3) is 0 Å². The molecule has 1 rings (SSSR count). The highest BCUT2D eigenvalue weighted by atomic mass is 16.5. The van der Waals surface area contributed by atoms with Crippen molar-refractivity contribution in [3.05, 3.63) is 24.3 Å². The monoisotopic (exact) mass is 237 g/mol. The van der Waals surface area contributed by atoms with Crippen LogP contribution < -0.4 is 15.4 Å². The summed E-state index contributed by atoms with van der Waals surface area (Å²) >= 11 is 0. The molecule has 0 aliphatic carbocycles. The lowest BCUT2D eigenvalue weighted by Crippen LogP contribution is -2.40. The van der Waals surface area contributed by atoms with Crippen LogP contribution in [-0.2, 0) is 0 Å². The fourth-order valence-electron chi connectivity index (χ4n) is 1.05. The second kappa shape index (κ2) is 5.74. The first-order valence-electron chi connectivity index (χ1n) is 4.96. The van der Waals surface area contributed by atoms with Crippen LogP contribution in [-0.4, -0.2) is 38.2 Å². The Morgan fingerprint density at radius 1 is 1.18 bits per heavy atom. The van der Waals surface area contributed by atoms with E-state index in [2.05, 4.69) is 10.6 Å². The van der Waals surface area contributed by atoms with Gasteiger partial charge in [-0.15, -0.1) is 0 Å². The molecule has 0 aliphatic rings. The Morgan fingerprint density at radius 3 is 2.24 bits per heavy atom. The Kier molecular flexibility index (Phi) is 4.33. The number of nitrogens with one attached hydrogen (secondary N) is 2. The second-order valence-corrected chi connectivity index (χ2v) is 3.51.